The van der Waals surface area contributed by atoms with Gasteiger partial charge in [-0.05, 0) is 54.5 Å². The predicted molar refractivity (Wildman–Crippen MR) is 141 cm³/mol. The molecule has 1 aromatic heterocycles. The van der Waals surface area contributed by atoms with Crippen molar-refractivity contribution in [3.8, 4) is 17.4 Å². The molecule has 0 bridgehead atoms. The van der Waals surface area contributed by atoms with Crippen LogP contribution in [0.3, 0.4) is 0 Å². The zero-order valence-electron chi connectivity index (χ0n) is 20.8. The minimum absolute atomic E-state index is 0.0968. The Morgan fingerprint density at radius 2 is 1.77 bits per heavy atom. The molecular weight excluding hydrogens is 438 g/mol. The minimum Gasteiger partial charge on any atom is -0.493 e. The first kappa shape index (κ1) is 24.6. The normalized spacial score (nSPS) is 14.3. The second-order valence-electron chi connectivity index (χ2n) is 10.1. The number of anilines is 2. The molecule has 4 rings (SSSR count). The molecule has 0 radical (unpaired) electrons. The molecule has 2 amide bonds. The van der Waals surface area contributed by atoms with Crippen LogP contribution in [0.15, 0.2) is 66.9 Å². The molecule has 1 saturated carbocycles. The topological polar surface area (TPSA) is 72.5 Å². The number of aromatic nitrogens is 1. The molecule has 6 nitrogen and oxygen atoms in total. The van der Waals surface area contributed by atoms with E-state index in [4.69, 9.17) is 9.47 Å². The van der Waals surface area contributed by atoms with Gasteiger partial charge in [0, 0.05) is 23.5 Å². The quantitative estimate of drug-likeness (QED) is 0.367. The van der Waals surface area contributed by atoms with Crippen molar-refractivity contribution in [1.29, 1.82) is 0 Å². The van der Waals surface area contributed by atoms with E-state index in [1.807, 2.05) is 48.5 Å². The summed E-state index contributed by atoms with van der Waals surface area (Å²) >= 11 is 0. The number of hydrogen-bond acceptors (Lipinski definition) is 4. The number of benzene rings is 2. The van der Waals surface area contributed by atoms with Crippen molar-refractivity contribution >= 4 is 17.4 Å². The summed E-state index contributed by atoms with van der Waals surface area (Å²) in [5.74, 6) is 2.43. The zero-order valence-corrected chi connectivity index (χ0v) is 20.8. The van der Waals surface area contributed by atoms with Crippen LogP contribution >= 0.6 is 0 Å². The Morgan fingerprint density at radius 3 is 2.57 bits per heavy atom. The van der Waals surface area contributed by atoms with Gasteiger partial charge in [-0.15, -0.1) is 0 Å². The van der Waals surface area contributed by atoms with Gasteiger partial charge in [0.1, 0.15) is 17.2 Å². The molecule has 3 aromatic rings. The summed E-state index contributed by atoms with van der Waals surface area (Å²) < 4.78 is 12.2. The molecule has 1 heterocycles. The average Bonchev–Trinajstić information content (AvgIpc) is 2.84. The molecule has 0 atom stereocenters. The molecule has 1 fully saturated rings. The second-order valence-corrected chi connectivity index (χ2v) is 10.1. The predicted octanol–water partition coefficient (Wildman–Crippen LogP) is 7.77. The Hall–Kier alpha value is -3.54. The highest BCUT2D eigenvalue weighted by Crippen LogP contribution is 2.35. The number of rotatable bonds is 7. The van der Waals surface area contributed by atoms with E-state index >= 15 is 0 Å². The molecule has 0 aliphatic heterocycles. The van der Waals surface area contributed by atoms with Crippen LogP contribution in [0, 0.1) is 5.92 Å². The monoisotopic (exact) mass is 473 g/mol. The van der Waals surface area contributed by atoms with Crippen LogP contribution in [0.1, 0.15) is 58.4 Å². The van der Waals surface area contributed by atoms with Gasteiger partial charge in [-0.3, -0.25) is 0 Å². The maximum Gasteiger partial charge on any atom is 0.323 e. The summed E-state index contributed by atoms with van der Waals surface area (Å²) in [6.07, 6.45) is 8.02. The van der Waals surface area contributed by atoms with Gasteiger partial charge in [0.05, 0.1) is 6.61 Å². The van der Waals surface area contributed by atoms with Crippen molar-refractivity contribution in [2.24, 2.45) is 5.92 Å². The molecular formula is C29H35N3O3. The van der Waals surface area contributed by atoms with E-state index in [9.17, 15) is 4.79 Å². The number of amides is 2. The number of pyridine rings is 1. The van der Waals surface area contributed by atoms with Gasteiger partial charge in [-0.2, -0.15) is 0 Å². The van der Waals surface area contributed by atoms with E-state index in [-0.39, 0.29) is 11.4 Å². The van der Waals surface area contributed by atoms with Crippen molar-refractivity contribution in [3.05, 3.63) is 72.4 Å². The standard InChI is InChI=1S/C29H35N3O3/c1-29(2,3)24-15-7-8-17-26(24)35-27-25(16-10-18-30-27)32-28(33)31-22-13-9-14-23(19-22)34-20-21-11-5-4-6-12-21/h7-10,13-19,21H,4-6,11-12,20H2,1-3H3,(H2,31,32,33). The van der Waals surface area contributed by atoms with Crippen molar-refractivity contribution in [2.45, 2.75) is 58.3 Å². The van der Waals surface area contributed by atoms with Gasteiger partial charge in [-0.25, -0.2) is 9.78 Å². The SMILES string of the molecule is CC(C)(C)c1ccccc1Oc1ncccc1NC(=O)Nc1cccc(OCC2CCCCC2)c1. The highest BCUT2D eigenvalue weighted by molar-refractivity contribution is 6.00. The Balaban J connectivity index is 1.40. The fraction of sp³-hybridized carbons (Fsp3) is 0.379. The Bertz CT molecular complexity index is 1130. The third kappa shape index (κ3) is 6.98. The molecule has 1 aliphatic rings. The van der Waals surface area contributed by atoms with Gasteiger partial charge in [0.25, 0.3) is 0 Å². The lowest BCUT2D eigenvalue weighted by molar-refractivity contribution is 0.209. The maximum atomic E-state index is 12.8. The molecule has 0 unspecified atom stereocenters. The lowest BCUT2D eigenvalue weighted by atomic mass is 9.86. The van der Waals surface area contributed by atoms with E-state index < -0.39 is 0 Å². The molecule has 0 spiro atoms. The van der Waals surface area contributed by atoms with Gasteiger partial charge in [0.2, 0.25) is 5.88 Å². The number of ether oxygens (including phenoxy) is 2. The summed E-state index contributed by atoms with van der Waals surface area (Å²) in [5.41, 5.74) is 2.11. The second kappa shape index (κ2) is 11.3. The van der Waals surface area contributed by atoms with Crippen LogP contribution in [0.5, 0.6) is 17.4 Å². The number of para-hydroxylation sites is 1. The van der Waals surface area contributed by atoms with Gasteiger partial charge in [0.15, 0.2) is 0 Å². The number of carbonyl (C=O) groups is 1. The Morgan fingerprint density at radius 1 is 0.971 bits per heavy atom. The summed E-state index contributed by atoms with van der Waals surface area (Å²) in [6, 6.07) is 18.5. The van der Waals surface area contributed by atoms with E-state index in [0.717, 1.165) is 17.9 Å². The van der Waals surface area contributed by atoms with Crippen LogP contribution in [-0.2, 0) is 5.41 Å². The third-order valence-corrected chi connectivity index (χ3v) is 6.22. The number of hydrogen-bond donors (Lipinski definition) is 2. The van der Waals surface area contributed by atoms with E-state index in [1.54, 1.807) is 18.3 Å². The summed E-state index contributed by atoms with van der Waals surface area (Å²) in [4.78, 5) is 17.1. The number of carbonyl (C=O) groups excluding carboxylic acids is 1. The summed E-state index contributed by atoms with van der Waals surface area (Å²) in [7, 11) is 0. The molecule has 0 saturated heterocycles. The molecule has 2 N–H and O–H groups in total. The summed E-state index contributed by atoms with van der Waals surface area (Å²) in [6.45, 7) is 7.12. The first-order chi connectivity index (χ1) is 16.9. The van der Waals surface area contributed by atoms with Crippen molar-refractivity contribution in [3.63, 3.8) is 0 Å². The fourth-order valence-corrected chi connectivity index (χ4v) is 4.36. The Kier molecular flexibility index (Phi) is 7.91. The van der Waals surface area contributed by atoms with Crippen LogP contribution in [0.4, 0.5) is 16.2 Å². The van der Waals surface area contributed by atoms with Crippen LogP contribution in [0.2, 0.25) is 0 Å². The lowest BCUT2D eigenvalue weighted by Crippen LogP contribution is -2.20. The molecule has 2 aromatic carbocycles. The van der Waals surface area contributed by atoms with Crippen molar-refractivity contribution in [1.82, 2.24) is 4.98 Å². The number of nitrogens with one attached hydrogen (secondary N) is 2. The third-order valence-electron chi connectivity index (χ3n) is 6.22. The Labute approximate surface area is 208 Å². The fourth-order valence-electron chi connectivity index (χ4n) is 4.36. The van der Waals surface area contributed by atoms with Gasteiger partial charge >= 0.3 is 6.03 Å². The maximum absolute atomic E-state index is 12.8. The minimum atomic E-state index is -0.378. The van der Waals surface area contributed by atoms with E-state index in [1.165, 1.54) is 32.1 Å². The molecule has 1 aliphatic carbocycles. The lowest BCUT2D eigenvalue weighted by Gasteiger charge is -2.22. The average molecular weight is 474 g/mol. The smallest absolute Gasteiger partial charge is 0.323 e. The van der Waals surface area contributed by atoms with Crippen LogP contribution < -0.4 is 20.1 Å². The number of nitrogens with zero attached hydrogens (tertiary/aromatic N) is 1. The van der Waals surface area contributed by atoms with Crippen molar-refractivity contribution < 1.29 is 14.3 Å². The van der Waals surface area contributed by atoms with Crippen LogP contribution in [-0.4, -0.2) is 17.6 Å². The number of urea groups is 1. The molecule has 184 valence electrons. The van der Waals surface area contributed by atoms with Crippen LogP contribution in [0.25, 0.3) is 0 Å². The van der Waals surface area contributed by atoms with Gasteiger partial charge in [-0.1, -0.05) is 64.3 Å². The van der Waals surface area contributed by atoms with Crippen molar-refractivity contribution in [2.75, 3.05) is 17.2 Å². The zero-order chi connectivity index (χ0) is 24.7. The molecule has 35 heavy (non-hydrogen) atoms. The van der Waals surface area contributed by atoms with Gasteiger partial charge < -0.3 is 20.1 Å². The largest absolute Gasteiger partial charge is 0.493 e. The first-order valence-electron chi connectivity index (χ1n) is 12.4. The van der Waals surface area contributed by atoms with E-state index in [0.29, 0.717) is 28.9 Å². The van der Waals surface area contributed by atoms with E-state index in [2.05, 4.69) is 36.4 Å². The summed E-state index contributed by atoms with van der Waals surface area (Å²) in [5, 5.41) is 5.74. The highest BCUT2D eigenvalue weighted by atomic mass is 16.5. The first-order valence-corrected chi connectivity index (χ1v) is 12.4. The highest BCUT2D eigenvalue weighted by Gasteiger charge is 2.20. The molecule has 6 heteroatoms.